The number of halogens is 1. The van der Waals surface area contributed by atoms with Crippen LogP contribution in [0.25, 0.3) is 5.65 Å². The Morgan fingerprint density at radius 3 is 3.00 bits per heavy atom. The first kappa shape index (κ1) is 16.3. The number of aromatic nitrogens is 3. The first-order valence-electron chi connectivity index (χ1n) is 8.26. The van der Waals surface area contributed by atoms with Gasteiger partial charge in [0, 0.05) is 18.3 Å². The molecule has 1 atom stereocenters. The lowest BCUT2D eigenvalue weighted by Crippen LogP contribution is -2.24. The summed E-state index contributed by atoms with van der Waals surface area (Å²) in [7, 11) is 1.56. The highest BCUT2D eigenvalue weighted by Crippen LogP contribution is 2.39. The molecular formula is C18H17FN4O3. The molecule has 0 saturated carbocycles. The number of fused-ring (bicyclic) bond motifs is 1. The van der Waals surface area contributed by atoms with E-state index >= 15 is 0 Å². The van der Waals surface area contributed by atoms with Gasteiger partial charge in [-0.05, 0) is 37.1 Å². The predicted octanol–water partition coefficient (Wildman–Crippen LogP) is 2.92. The van der Waals surface area contributed by atoms with Crippen LogP contribution in [-0.2, 0) is 0 Å². The lowest BCUT2D eigenvalue weighted by molar-refractivity contribution is 0.0698. The molecule has 26 heavy (non-hydrogen) atoms. The Hall–Kier alpha value is -3.16. The van der Waals surface area contributed by atoms with Crippen molar-refractivity contribution >= 4 is 17.4 Å². The zero-order chi connectivity index (χ0) is 18.3. The summed E-state index contributed by atoms with van der Waals surface area (Å²) in [6.07, 6.45) is 4.72. The van der Waals surface area contributed by atoms with Crippen LogP contribution >= 0.6 is 0 Å². The predicted molar refractivity (Wildman–Crippen MR) is 92.2 cm³/mol. The second-order valence-electron chi connectivity index (χ2n) is 6.16. The number of hydrogen-bond donors (Lipinski definition) is 1. The Kier molecular flexibility index (Phi) is 3.95. The summed E-state index contributed by atoms with van der Waals surface area (Å²) >= 11 is 0. The maximum absolute atomic E-state index is 13.8. The second-order valence-corrected chi connectivity index (χ2v) is 6.16. The fourth-order valence-electron chi connectivity index (χ4n) is 3.50. The number of methoxy groups -OCH3 is 1. The van der Waals surface area contributed by atoms with Crippen molar-refractivity contribution in [3.05, 3.63) is 53.6 Å². The number of aromatic carboxylic acids is 1. The van der Waals surface area contributed by atoms with Crippen LogP contribution in [0.2, 0.25) is 0 Å². The van der Waals surface area contributed by atoms with Crippen LogP contribution in [0.5, 0.6) is 5.75 Å². The minimum Gasteiger partial charge on any atom is -0.496 e. The number of carbonyl (C=O) groups is 1. The van der Waals surface area contributed by atoms with E-state index in [4.69, 9.17) is 4.74 Å². The third kappa shape index (κ3) is 2.63. The molecule has 1 aliphatic rings. The molecule has 0 radical (unpaired) electrons. The van der Waals surface area contributed by atoms with Crippen LogP contribution in [0.1, 0.15) is 34.8 Å². The van der Waals surface area contributed by atoms with Crippen molar-refractivity contribution in [3.63, 3.8) is 0 Å². The Labute approximate surface area is 148 Å². The van der Waals surface area contributed by atoms with Gasteiger partial charge < -0.3 is 14.7 Å². The van der Waals surface area contributed by atoms with Crippen molar-refractivity contribution in [2.75, 3.05) is 18.6 Å². The zero-order valence-electron chi connectivity index (χ0n) is 14.1. The van der Waals surface area contributed by atoms with Crippen molar-refractivity contribution in [2.45, 2.75) is 18.9 Å². The van der Waals surface area contributed by atoms with Crippen LogP contribution in [0.15, 0.2) is 36.7 Å². The standard InChI is InChI=1S/C18H17FN4O3/c1-26-15-5-4-11(19)9-12(15)14-3-2-7-22(14)16-6-8-23-17(21-16)13(10-20-23)18(24)25/h4-6,8-10,14H,2-3,7H2,1H3,(H,24,25). The molecule has 1 N–H and O–H groups in total. The lowest BCUT2D eigenvalue weighted by Gasteiger charge is -2.27. The highest BCUT2D eigenvalue weighted by Gasteiger charge is 2.30. The van der Waals surface area contributed by atoms with Crippen LogP contribution in [0, 0.1) is 5.82 Å². The van der Waals surface area contributed by atoms with Gasteiger partial charge in [-0.15, -0.1) is 0 Å². The van der Waals surface area contributed by atoms with E-state index in [0.717, 1.165) is 24.9 Å². The quantitative estimate of drug-likeness (QED) is 0.774. The molecule has 7 nitrogen and oxygen atoms in total. The van der Waals surface area contributed by atoms with E-state index in [2.05, 4.69) is 15.0 Å². The van der Waals surface area contributed by atoms with Gasteiger partial charge >= 0.3 is 5.97 Å². The van der Waals surface area contributed by atoms with Gasteiger partial charge in [-0.1, -0.05) is 0 Å². The molecule has 3 heterocycles. The molecule has 1 unspecified atom stereocenters. The van der Waals surface area contributed by atoms with Gasteiger partial charge in [0.05, 0.1) is 19.3 Å². The molecule has 134 valence electrons. The van der Waals surface area contributed by atoms with Crippen LogP contribution in [0.3, 0.4) is 0 Å². The Balaban J connectivity index is 1.77. The smallest absolute Gasteiger partial charge is 0.341 e. The van der Waals surface area contributed by atoms with Crippen LogP contribution in [-0.4, -0.2) is 39.3 Å². The van der Waals surface area contributed by atoms with E-state index in [1.54, 1.807) is 25.4 Å². The van der Waals surface area contributed by atoms with E-state index < -0.39 is 5.97 Å². The number of benzene rings is 1. The molecular weight excluding hydrogens is 339 g/mol. The molecule has 0 spiro atoms. The van der Waals surface area contributed by atoms with E-state index in [9.17, 15) is 14.3 Å². The van der Waals surface area contributed by atoms with Crippen molar-refractivity contribution in [3.8, 4) is 5.75 Å². The molecule has 0 amide bonds. The highest BCUT2D eigenvalue weighted by molar-refractivity contribution is 5.94. The minimum absolute atomic E-state index is 0.0472. The molecule has 1 saturated heterocycles. The van der Waals surface area contributed by atoms with Gasteiger partial charge in [0.25, 0.3) is 0 Å². The molecule has 0 aliphatic carbocycles. The first-order chi connectivity index (χ1) is 12.6. The second kappa shape index (κ2) is 6.29. The number of hydrogen-bond acceptors (Lipinski definition) is 5. The first-order valence-corrected chi connectivity index (χ1v) is 8.26. The topological polar surface area (TPSA) is 80.0 Å². The third-order valence-electron chi connectivity index (χ3n) is 4.68. The van der Waals surface area contributed by atoms with Gasteiger partial charge in [0.15, 0.2) is 5.65 Å². The fraction of sp³-hybridized carbons (Fsp3) is 0.278. The van der Waals surface area contributed by atoms with Gasteiger partial charge in [0.1, 0.15) is 22.9 Å². The van der Waals surface area contributed by atoms with Crippen molar-refractivity contribution in [1.82, 2.24) is 14.6 Å². The number of anilines is 1. The molecule has 1 aliphatic heterocycles. The van der Waals surface area contributed by atoms with E-state index in [0.29, 0.717) is 11.6 Å². The van der Waals surface area contributed by atoms with Crippen molar-refractivity contribution in [2.24, 2.45) is 0 Å². The highest BCUT2D eigenvalue weighted by atomic mass is 19.1. The maximum Gasteiger partial charge on any atom is 0.341 e. The summed E-state index contributed by atoms with van der Waals surface area (Å²) in [5.41, 5.74) is 1.09. The van der Waals surface area contributed by atoms with E-state index in [-0.39, 0.29) is 23.1 Å². The number of nitrogens with zero attached hydrogens (tertiary/aromatic N) is 4. The average molecular weight is 356 g/mol. The van der Waals surface area contributed by atoms with Crippen LogP contribution < -0.4 is 9.64 Å². The normalized spacial score (nSPS) is 17.0. The summed E-state index contributed by atoms with van der Waals surface area (Å²) in [4.78, 5) is 17.9. The van der Waals surface area contributed by atoms with Gasteiger partial charge in [-0.3, -0.25) is 0 Å². The molecule has 0 bridgehead atoms. The Morgan fingerprint density at radius 1 is 1.38 bits per heavy atom. The fourth-order valence-corrected chi connectivity index (χ4v) is 3.50. The van der Waals surface area contributed by atoms with Gasteiger partial charge in [-0.2, -0.15) is 5.10 Å². The summed E-state index contributed by atoms with van der Waals surface area (Å²) in [5, 5.41) is 13.3. The van der Waals surface area contributed by atoms with E-state index in [1.165, 1.54) is 22.8 Å². The number of ether oxygens (including phenoxy) is 1. The largest absolute Gasteiger partial charge is 0.496 e. The molecule has 2 aromatic heterocycles. The van der Waals surface area contributed by atoms with E-state index in [1.807, 2.05) is 0 Å². The molecule has 1 aromatic carbocycles. The lowest BCUT2D eigenvalue weighted by atomic mass is 10.0. The van der Waals surface area contributed by atoms with Gasteiger partial charge in [0.2, 0.25) is 0 Å². The third-order valence-corrected chi connectivity index (χ3v) is 4.68. The molecule has 3 aromatic rings. The van der Waals surface area contributed by atoms with Crippen LogP contribution in [0.4, 0.5) is 10.2 Å². The van der Waals surface area contributed by atoms with Crippen molar-refractivity contribution < 1.29 is 19.0 Å². The summed E-state index contributed by atoms with van der Waals surface area (Å²) in [5.74, 6) is -0.135. The Bertz CT molecular complexity index is 988. The number of carboxylic acid groups (broad SMARTS) is 1. The Morgan fingerprint density at radius 2 is 2.23 bits per heavy atom. The zero-order valence-corrected chi connectivity index (χ0v) is 14.1. The molecule has 1 fully saturated rings. The average Bonchev–Trinajstić information content (AvgIpc) is 3.28. The van der Waals surface area contributed by atoms with Crippen molar-refractivity contribution in [1.29, 1.82) is 0 Å². The molecule has 8 heteroatoms. The monoisotopic (exact) mass is 356 g/mol. The minimum atomic E-state index is -1.07. The van der Waals surface area contributed by atoms with Gasteiger partial charge in [-0.25, -0.2) is 18.7 Å². The number of rotatable bonds is 4. The summed E-state index contributed by atoms with van der Waals surface area (Å²) < 4.78 is 20.6. The number of carboxylic acids is 1. The summed E-state index contributed by atoms with van der Waals surface area (Å²) in [6, 6.07) is 6.18. The SMILES string of the molecule is COc1ccc(F)cc1C1CCCN1c1ccn2ncc(C(=O)O)c2n1. The maximum atomic E-state index is 13.8. The summed E-state index contributed by atoms with van der Waals surface area (Å²) in [6.45, 7) is 0.740. The molecule has 4 rings (SSSR count).